The molecule has 0 aliphatic carbocycles. The van der Waals surface area contributed by atoms with Crippen molar-refractivity contribution >= 4 is 23.5 Å². The van der Waals surface area contributed by atoms with E-state index in [0.717, 1.165) is 6.42 Å². The molecular formula is C15H20ClNO4. The van der Waals surface area contributed by atoms with Crippen molar-refractivity contribution in [3.8, 4) is 5.75 Å². The van der Waals surface area contributed by atoms with Crippen LogP contribution < -0.4 is 10.1 Å². The number of rotatable bonds is 9. The molecule has 0 aliphatic rings. The number of hydrogen-bond acceptors (Lipinski definition) is 3. The summed E-state index contributed by atoms with van der Waals surface area (Å²) in [6, 6.07) is 6.61. The number of amides is 1. The van der Waals surface area contributed by atoms with Crippen molar-refractivity contribution in [3.63, 3.8) is 0 Å². The minimum atomic E-state index is -0.913. The Morgan fingerprint density at radius 3 is 2.81 bits per heavy atom. The number of carboxylic acid groups (broad SMARTS) is 1. The lowest BCUT2D eigenvalue weighted by molar-refractivity contribution is -0.137. The third-order valence-corrected chi connectivity index (χ3v) is 3.05. The van der Waals surface area contributed by atoms with Gasteiger partial charge in [0.25, 0.3) is 0 Å². The SMILES string of the molecule is CCCC(CC(=O)O)NC(=O)CCOc1cccc(Cl)c1. The van der Waals surface area contributed by atoms with Crippen LogP contribution in [0.1, 0.15) is 32.6 Å². The van der Waals surface area contributed by atoms with Crippen LogP contribution in [0.5, 0.6) is 5.75 Å². The van der Waals surface area contributed by atoms with Crippen molar-refractivity contribution in [3.05, 3.63) is 29.3 Å². The highest BCUT2D eigenvalue weighted by molar-refractivity contribution is 6.30. The standard InChI is InChI=1S/C15H20ClNO4/c1-2-4-12(10-15(19)20)17-14(18)7-8-21-13-6-3-5-11(16)9-13/h3,5-6,9,12H,2,4,7-8,10H2,1H3,(H,17,18)(H,19,20). The molecule has 116 valence electrons. The van der Waals surface area contributed by atoms with Crippen LogP contribution in [0.25, 0.3) is 0 Å². The molecule has 1 atom stereocenters. The number of benzene rings is 1. The van der Waals surface area contributed by atoms with Gasteiger partial charge < -0.3 is 15.2 Å². The van der Waals surface area contributed by atoms with Gasteiger partial charge in [0.05, 0.1) is 19.4 Å². The fourth-order valence-corrected chi connectivity index (χ4v) is 2.08. The topological polar surface area (TPSA) is 75.6 Å². The van der Waals surface area contributed by atoms with Gasteiger partial charge in [-0.2, -0.15) is 0 Å². The van der Waals surface area contributed by atoms with Crippen LogP contribution in [0, 0.1) is 0 Å². The number of nitrogens with one attached hydrogen (secondary N) is 1. The summed E-state index contributed by atoms with van der Waals surface area (Å²) >= 11 is 5.82. The number of carboxylic acids is 1. The van der Waals surface area contributed by atoms with E-state index in [-0.39, 0.29) is 31.4 Å². The molecule has 0 saturated heterocycles. The first kappa shape index (κ1) is 17.3. The Hall–Kier alpha value is -1.75. The zero-order valence-corrected chi connectivity index (χ0v) is 12.7. The summed E-state index contributed by atoms with van der Waals surface area (Å²) in [5.41, 5.74) is 0. The average Bonchev–Trinajstić information content (AvgIpc) is 2.38. The van der Waals surface area contributed by atoms with Crippen molar-refractivity contribution in [2.75, 3.05) is 6.61 Å². The summed E-state index contributed by atoms with van der Waals surface area (Å²) in [6.07, 6.45) is 1.57. The van der Waals surface area contributed by atoms with Gasteiger partial charge in [0, 0.05) is 11.1 Å². The Morgan fingerprint density at radius 2 is 2.19 bits per heavy atom. The number of aliphatic carboxylic acids is 1. The maximum atomic E-state index is 11.8. The molecule has 0 heterocycles. The highest BCUT2D eigenvalue weighted by atomic mass is 35.5. The Bertz CT molecular complexity index is 478. The lowest BCUT2D eigenvalue weighted by Gasteiger charge is -2.16. The number of carbonyl (C=O) groups is 2. The minimum absolute atomic E-state index is 0.0608. The van der Waals surface area contributed by atoms with Crippen molar-refractivity contribution in [2.45, 2.75) is 38.6 Å². The Kier molecular flexibility index (Phi) is 7.61. The summed E-state index contributed by atoms with van der Waals surface area (Å²) in [5.74, 6) is -0.522. The second-order valence-corrected chi connectivity index (χ2v) is 5.14. The molecule has 1 amide bonds. The smallest absolute Gasteiger partial charge is 0.305 e. The van der Waals surface area contributed by atoms with Crippen LogP contribution in [0.4, 0.5) is 0 Å². The summed E-state index contributed by atoms with van der Waals surface area (Å²) in [5, 5.41) is 12.1. The van der Waals surface area contributed by atoms with Crippen LogP contribution in [0.3, 0.4) is 0 Å². The van der Waals surface area contributed by atoms with Gasteiger partial charge in [0.2, 0.25) is 5.91 Å². The van der Waals surface area contributed by atoms with Crippen LogP contribution in [0.2, 0.25) is 5.02 Å². The molecule has 0 saturated carbocycles. The molecule has 1 unspecified atom stereocenters. The quantitative estimate of drug-likeness (QED) is 0.735. The third kappa shape index (κ3) is 7.56. The molecule has 0 aliphatic heterocycles. The average molecular weight is 314 g/mol. The number of carbonyl (C=O) groups excluding carboxylic acids is 1. The fraction of sp³-hybridized carbons (Fsp3) is 0.467. The van der Waals surface area contributed by atoms with Gasteiger partial charge >= 0.3 is 5.97 Å². The van der Waals surface area contributed by atoms with Gasteiger partial charge in [-0.3, -0.25) is 9.59 Å². The molecule has 0 bridgehead atoms. The first-order chi connectivity index (χ1) is 10.0. The van der Waals surface area contributed by atoms with E-state index in [0.29, 0.717) is 17.2 Å². The van der Waals surface area contributed by atoms with Gasteiger partial charge in [0.15, 0.2) is 0 Å². The molecular weight excluding hydrogens is 294 g/mol. The molecule has 1 aromatic rings. The van der Waals surface area contributed by atoms with Gasteiger partial charge in [-0.1, -0.05) is 31.0 Å². The van der Waals surface area contributed by atoms with E-state index in [1.165, 1.54) is 0 Å². The molecule has 0 fully saturated rings. The first-order valence-corrected chi connectivity index (χ1v) is 7.28. The molecule has 5 nitrogen and oxygen atoms in total. The predicted molar refractivity (Wildman–Crippen MR) is 80.7 cm³/mol. The van der Waals surface area contributed by atoms with Crippen molar-refractivity contribution in [1.82, 2.24) is 5.32 Å². The van der Waals surface area contributed by atoms with Crippen molar-refractivity contribution in [2.24, 2.45) is 0 Å². The number of ether oxygens (including phenoxy) is 1. The molecule has 6 heteroatoms. The molecule has 21 heavy (non-hydrogen) atoms. The van der Waals surface area contributed by atoms with E-state index in [4.69, 9.17) is 21.4 Å². The molecule has 0 spiro atoms. The van der Waals surface area contributed by atoms with E-state index < -0.39 is 5.97 Å². The second kappa shape index (κ2) is 9.23. The first-order valence-electron chi connectivity index (χ1n) is 6.90. The summed E-state index contributed by atoms with van der Waals surface area (Å²) in [6.45, 7) is 2.17. The molecule has 0 radical (unpaired) electrons. The number of hydrogen-bond donors (Lipinski definition) is 2. The normalized spacial score (nSPS) is 11.7. The minimum Gasteiger partial charge on any atom is -0.493 e. The van der Waals surface area contributed by atoms with Crippen molar-refractivity contribution < 1.29 is 19.4 Å². The van der Waals surface area contributed by atoms with E-state index in [1.54, 1.807) is 24.3 Å². The predicted octanol–water partition coefficient (Wildman–Crippen LogP) is 2.87. The second-order valence-electron chi connectivity index (χ2n) is 4.71. The summed E-state index contributed by atoms with van der Waals surface area (Å²) in [7, 11) is 0. The van der Waals surface area contributed by atoms with Gasteiger partial charge in [-0.05, 0) is 24.6 Å². The van der Waals surface area contributed by atoms with Crippen LogP contribution in [-0.2, 0) is 9.59 Å². The van der Waals surface area contributed by atoms with Crippen LogP contribution in [-0.4, -0.2) is 29.6 Å². The monoisotopic (exact) mass is 313 g/mol. The van der Waals surface area contributed by atoms with Gasteiger partial charge in [0.1, 0.15) is 5.75 Å². The lowest BCUT2D eigenvalue weighted by atomic mass is 10.1. The zero-order valence-electron chi connectivity index (χ0n) is 12.0. The molecule has 1 rings (SSSR count). The third-order valence-electron chi connectivity index (χ3n) is 2.82. The van der Waals surface area contributed by atoms with Gasteiger partial charge in [-0.25, -0.2) is 0 Å². The Labute approximate surface area is 129 Å². The largest absolute Gasteiger partial charge is 0.493 e. The lowest BCUT2D eigenvalue weighted by Crippen LogP contribution is -2.37. The molecule has 1 aromatic carbocycles. The Morgan fingerprint density at radius 1 is 1.43 bits per heavy atom. The highest BCUT2D eigenvalue weighted by Gasteiger charge is 2.15. The van der Waals surface area contributed by atoms with E-state index >= 15 is 0 Å². The maximum absolute atomic E-state index is 11.8. The Balaban J connectivity index is 2.33. The summed E-state index contributed by atoms with van der Waals surface area (Å²) in [4.78, 5) is 22.5. The summed E-state index contributed by atoms with van der Waals surface area (Å²) < 4.78 is 5.42. The van der Waals surface area contributed by atoms with E-state index in [9.17, 15) is 9.59 Å². The molecule has 2 N–H and O–H groups in total. The fourth-order valence-electron chi connectivity index (χ4n) is 1.90. The van der Waals surface area contributed by atoms with E-state index in [2.05, 4.69) is 5.32 Å². The molecule has 0 aromatic heterocycles. The number of halogens is 1. The van der Waals surface area contributed by atoms with Crippen LogP contribution in [0.15, 0.2) is 24.3 Å². The zero-order chi connectivity index (χ0) is 15.7. The maximum Gasteiger partial charge on any atom is 0.305 e. The van der Waals surface area contributed by atoms with Gasteiger partial charge in [-0.15, -0.1) is 0 Å². The highest BCUT2D eigenvalue weighted by Crippen LogP contribution is 2.17. The van der Waals surface area contributed by atoms with Crippen molar-refractivity contribution in [1.29, 1.82) is 0 Å². The van der Waals surface area contributed by atoms with E-state index in [1.807, 2.05) is 6.92 Å². The van der Waals surface area contributed by atoms with Crippen LogP contribution >= 0.6 is 11.6 Å².